The second-order valence-corrected chi connectivity index (χ2v) is 13.6. The summed E-state index contributed by atoms with van der Waals surface area (Å²) in [7, 11) is -2.53. The van der Waals surface area contributed by atoms with Gasteiger partial charge in [-0.05, 0) is 21.7 Å². The minimum Gasteiger partial charge on any atom is -0.407 e. The molecule has 0 fully saturated rings. The van der Waals surface area contributed by atoms with Gasteiger partial charge in [-0.1, -0.05) is 93.2 Å². The number of fused-ring (bicyclic) bond motifs is 1. The lowest BCUT2D eigenvalue weighted by atomic mass is 10.2. The van der Waals surface area contributed by atoms with Crippen molar-refractivity contribution in [1.82, 2.24) is 19.6 Å². The van der Waals surface area contributed by atoms with Gasteiger partial charge in [-0.15, -0.1) is 5.10 Å². The first-order valence-electron chi connectivity index (χ1n) is 10.4. The largest absolute Gasteiger partial charge is 0.407 e. The molecule has 0 aliphatic heterocycles. The third-order valence-electron chi connectivity index (χ3n) is 5.59. The first-order valence-corrected chi connectivity index (χ1v) is 13.6. The van der Waals surface area contributed by atoms with Gasteiger partial charge >= 0.3 is 0 Å². The van der Waals surface area contributed by atoms with E-state index in [2.05, 4.69) is 96.5 Å². The van der Waals surface area contributed by atoms with Gasteiger partial charge in [0.1, 0.15) is 0 Å². The van der Waals surface area contributed by atoms with E-state index in [4.69, 9.17) is 4.43 Å². The normalized spacial score (nSPS) is 12.4. The zero-order valence-electron chi connectivity index (χ0n) is 18.4. The van der Waals surface area contributed by atoms with Crippen LogP contribution < -0.4 is 10.4 Å². The topological polar surface area (TPSA) is 52.3 Å². The second-order valence-electron chi connectivity index (χ2n) is 8.53. The smallest absolute Gasteiger partial charge is 0.261 e. The van der Waals surface area contributed by atoms with E-state index >= 15 is 0 Å². The average molecular weight is 449 g/mol. The molecular weight excluding hydrogens is 420 g/mol. The number of imidazole rings is 1. The summed E-state index contributed by atoms with van der Waals surface area (Å²) in [4.78, 5) is 8.77. The Balaban J connectivity index is 1.69. The molecule has 0 unspecified atom stereocenters. The number of benzene rings is 2. The van der Waals surface area contributed by atoms with Crippen LogP contribution in [0.5, 0.6) is 0 Å². The Morgan fingerprint density at radius 1 is 0.903 bits per heavy atom. The Morgan fingerprint density at radius 3 is 2.06 bits per heavy atom. The molecule has 0 spiro atoms. The molecule has 4 rings (SSSR count). The fourth-order valence-corrected chi connectivity index (χ4v) is 9.04. The van der Waals surface area contributed by atoms with E-state index in [1.54, 1.807) is 6.20 Å². The van der Waals surface area contributed by atoms with Crippen molar-refractivity contribution in [1.29, 1.82) is 0 Å². The van der Waals surface area contributed by atoms with Crippen molar-refractivity contribution < 1.29 is 4.43 Å². The summed E-state index contributed by atoms with van der Waals surface area (Å²) in [6, 6.07) is 21.5. The van der Waals surface area contributed by atoms with Gasteiger partial charge < -0.3 is 4.43 Å². The monoisotopic (exact) mass is 448 g/mol. The van der Waals surface area contributed by atoms with Crippen LogP contribution >= 0.6 is 11.8 Å². The minimum atomic E-state index is -2.53. The van der Waals surface area contributed by atoms with E-state index in [1.165, 1.54) is 22.1 Å². The van der Waals surface area contributed by atoms with E-state index in [-0.39, 0.29) is 5.04 Å². The summed E-state index contributed by atoms with van der Waals surface area (Å²) in [6.45, 7) is 7.49. The molecule has 160 valence electrons. The van der Waals surface area contributed by atoms with Crippen molar-refractivity contribution in [3.8, 4) is 0 Å². The van der Waals surface area contributed by atoms with Crippen LogP contribution in [0.3, 0.4) is 0 Å². The van der Waals surface area contributed by atoms with Gasteiger partial charge in [-0.2, -0.15) is 0 Å². The lowest BCUT2D eigenvalue weighted by Crippen LogP contribution is -2.66. The Morgan fingerprint density at radius 2 is 1.52 bits per heavy atom. The van der Waals surface area contributed by atoms with Crippen molar-refractivity contribution >= 4 is 36.1 Å². The van der Waals surface area contributed by atoms with Gasteiger partial charge in [-0.3, -0.25) is 0 Å². The zero-order chi connectivity index (χ0) is 21.9. The van der Waals surface area contributed by atoms with Gasteiger partial charge in [0.25, 0.3) is 8.32 Å². The summed E-state index contributed by atoms with van der Waals surface area (Å²) in [5.74, 6) is 0. The zero-order valence-corrected chi connectivity index (χ0v) is 20.3. The van der Waals surface area contributed by atoms with Crippen LogP contribution in [0, 0.1) is 0 Å². The van der Waals surface area contributed by atoms with Gasteiger partial charge in [0, 0.05) is 13.0 Å². The van der Waals surface area contributed by atoms with Crippen molar-refractivity contribution in [3.05, 3.63) is 78.8 Å². The van der Waals surface area contributed by atoms with Gasteiger partial charge in [0.15, 0.2) is 5.65 Å². The predicted octanol–water partition coefficient (Wildman–Crippen LogP) is 3.97. The van der Waals surface area contributed by atoms with Crippen molar-refractivity contribution in [2.75, 3.05) is 12.9 Å². The second kappa shape index (κ2) is 8.94. The highest BCUT2D eigenvalue weighted by molar-refractivity contribution is 7.98. The molecule has 5 nitrogen and oxygen atoms in total. The molecule has 0 radical (unpaired) electrons. The maximum Gasteiger partial charge on any atom is 0.261 e. The van der Waals surface area contributed by atoms with Crippen LogP contribution in [-0.2, 0) is 10.8 Å². The third kappa shape index (κ3) is 4.17. The molecule has 4 aromatic rings. The molecule has 0 aliphatic rings. The fourth-order valence-electron chi connectivity index (χ4n) is 4.16. The standard InChI is InChI=1S/C24H28N4OSSi/c1-24(2,3)31(20-11-7-5-8-12-20,21-13-9-6-10-14-21)29-16-15-19-17-25-22-18-26-23(30-4)27-28(19)22/h5-14,17-18H,15-16H2,1-4H3. The molecule has 2 heterocycles. The van der Waals surface area contributed by atoms with Crippen LogP contribution in [0.25, 0.3) is 5.65 Å². The SMILES string of the molecule is CSc1ncc2ncc(CCO[Si](c3ccccc3)(c3ccccc3)C(C)(C)C)n2n1. The highest BCUT2D eigenvalue weighted by Crippen LogP contribution is 2.36. The maximum atomic E-state index is 6.99. The van der Waals surface area contributed by atoms with Gasteiger partial charge in [0.2, 0.25) is 5.16 Å². The van der Waals surface area contributed by atoms with Crippen LogP contribution in [0.15, 0.2) is 78.2 Å². The van der Waals surface area contributed by atoms with E-state index in [9.17, 15) is 0 Å². The molecule has 2 aromatic carbocycles. The quantitative estimate of drug-likeness (QED) is 0.316. The summed E-state index contributed by atoms with van der Waals surface area (Å²) >= 11 is 1.53. The molecule has 0 saturated heterocycles. The number of hydrogen-bond acceptors (Lipinski definition) is 5. The molecule has 0 saturated carbocycles. The van der Waals surface area contributed by atoms with E-state index in [1.807, 2.05) is 17.0 Å². The highest BCUT2D eigenvalue weighted by Gasteiger charge is 2.50. The van der Waals surface area contributed by atoms with Crippen LogP contribution in [0.1, 0.15) is 26.5 Å². The number of nitrogens with zero attached hydrogens (tertiary/aromatic N) is 4. The Bertz CT molecular complexity index is 1100. The van der Waals surface area contributed by atoms with Crippen LogP contribution in [0.2, 0.25) is 5.04 Å². The van der Waals surface area contributed by atoms with Crippen molar-refractivity contribution in [3.63, 3.8) is 0 Å². The molecule has 0 aliphatic carbocycles. The molecule has 0 N–H and O–H groups in total. The molecule has 0 amide bonds. The first kappa shape index (κ1) is 21.7. The van der Waals surface area contributed by atoms with Gasteiger partial charge in [-0.25, -0.2) is 14.5 Å². The summed E-state index contributed by atoms with van der Waals surface area (Å²) < 4.78 is 8.88. The number of rotatable bonds is 7. The highest BCUT2D eigenvalue weighted by atomic mass is 32.2. The minimum absolute atomic E-state index is 0.0383. The maximum absolute atomic E-state index is 6.99. The summed E-state index contributed by atoms with van der Waals surface area (Å²) in [6.07, 6.45) is 6.36. The molecule has 0 bridgehead atoms. The Kier molecular flexibility index (Phi) is 6.27. The van der Waals surface area contributed by atoms with Crippen molar-refractivity contribution in [2.24, 2.45) is 0 Å². The van der Waals surface area contributed by atoms with E-state index in [0.29, 0.717) is 6.61 Å². The third-order valence-corrected chi connectivity index (χ3v) is 11.2. The lowest BCUT2D eigenvalue weighted by Gasteiger charge is -2.43. The molecule has 7 heteroatoms. The van der Waals surface area contributed by atoms with Crippen molar-refractivity contribution in [2.45, 2.75) is 37.4 Å². The Labute approximate surface area is 189 Å². The van der Waals surface area contributed by atoms with Crippen LogP contribution in [-0.4, -0.2) is 40.8 Å². The Hall–Kier alpha value is -2.48. The van der Waals surface area contributed by atoms with Crippen LogP contribution in [0.4, 0.5) is 0 Å². The fraction of sp³-hybridized carbons (Fsp3) is 0.292. The molecule has 0 atom stereocenters. The predicted molar refractivity (Wildman–Crippen MR) is 130 cm³/mol. The van der Waals surface area contributed by atoms with E-state index < -0.39 is 8.32 Å². The number of aromatic nitrogens is 4. The molecule has 2 aromatic heterocycles. The summed E-state index contributed by atoms with van der Waals surface area (Å²) in [5.41, 5.74) is 1.80. The first-order chi connectivity index (χ1) is 15.0. The number of thioether (sulfide) groups is 1. The summed E-state index contributed by atoms with van der Waals surface area (Å²) in [5, 5.41) is 7.87. The van der Waals surface area contributed by atoms with E-state index in [0.717, 1.165) is 22.9 Å². The molecular formula is C24H28N4OSSi. The average Bonchev–Trinajstić information content (AvgIpc) is 3.19. The molecule has 31 heavy (non-hydrogen) atoms. The number of hydrogen-bond donors (Lipinski definition) is 0. The van der Waals surface area contributed by atoms with Gasteiger partial charge in [0.05, 0.1) is 18.1 Å². The lowest BCUT2D eigenvalue weighted by molar-refractivity contribution is 0.299.